The fourth-order valence-corrected chi connectivity index (χ4v) is 3.87. The number of nitrogens with zero attached hydrogens (tertiary/aromatic N) is 2. The Hall–Kier alpha value is -2.70. The monoisotopic (exact) mass is 399 g/mol. The molecule has 2 heterocycles. The number of ether oxygens (including phenoxy) is 1. The van der Waals surface area contributed by atoms with Crippen LogP contribution in [0.4, 0.5) is 4.79 Å². The van der Waals surface area contributed by atoms with E-state index in [2.05, 4.69) is 53.9 Å². The van der Waals surface area contributed by atoms with Gasteiger partial charge in [-0.15, -0.1) is 0 Å². The summed E-state index contributed by atoms with van der Waals surface area (Å²) in [5.74, 6) is 0.846. The van der Waals surface area contributed by atoms with Crippen molar-refractivity contribution in [2.75, 3.05) is 32.8 Å². The minimum atomic E-state index is -0.208. The first-order valence-electron chi connectivity index (χ1n) is 10.6. The molecule has 7 nitrogen and oxygen atoms in total. The zero-order valence-electron chi connectivity index (χ0n) is 17.8. The summed E-state index contributed by atoms with van der Waals surface area (Å²) >= 11 is 0. The number of aliphatic imine (C=N–C) groups is 1. The lowest BCUT2D eigenvalue weighted by Gasteiger charge is -2.32. The van der Waals surface area contributed by atoms with Gasteiger partial charge in [0, 0.05) is 49.3 Å². The van der Waals surface area contributed by atoms with Crippen molar-refractivity contribution in [3.63, 3.8) is 0 Å². The number of H-pyrrole nitrogens is 1. The molecule has 1 amide bonds. The summed E-state index contributed by atoms with van der Waals surface area (Å²) in [6.07, 6.45) is 4.57. The smallest absolute Gasteiger partial charge is 0.409 e. The summed E-state index contributed by atoms with van der Waals surface area (Å²) in [5, 5.41) is 8.18. The minimum Gasteiger partial charge on any atom is -0.450 e. The van der Waals surface area contributed by atoms with Crippen LogP contribution in [-0.4, -0.2) is 60.8 Å². The number of aromatic amines is 1. The van der Waals surface area contributed by atoms with Crippen LogP contribution in [0, 0.1) is 6.92 Å². The van der Waals surface area contributed by atoms with Crippen LogP contribution in [0.25, 0.3) is 10.9 Å². The van der Waals surface area contributed by atoms with Gasteiger partial charge in [0.1, 0.15) is 0 Å². The molecule has 2 aromatic rings. The summed E-state index contributed by atoms with van der Waals surface area (Å²) in [6, 6.07) is 6.66. The Morgan fingerprint density at radius 3 is 2.83 bits per heavy atom. The highest BCUT2D eigenvalue weighted by Crippen LogP contribution is 2.22. The molecule has 0 bridgehead atoms. The van der Waals surface area contributed by atoms with Crippen LogP contribution in [0.5, 0.6) is 0 Å². The number of aryl methyl sites for hydroxylation is 1. The Balaban J connectivity index is 1.54. The molecule has 1 aliphatic heterocycles. The summed E-state index contributed by atoms with van der Waals surface area (Å²) in [4.78, 5) is 21.8. The molecule has 0 spiro atoms. The number of rotatable bonds is 6. The molecule has 7 heteroatoms. The molecule has 0 unspecified atom stereocenters. The lowest BCUT2D eigenvalue weighted by molar-refractivity contribution is 0.0963. The Bertz CT molecular complexity index is 837. The molecule has 1 fully saturated rings. The fourth-order valence-electron chi connectivity index (χ4n) is 3.87. The van der Waals surface area contributed by atoms with Crippen LogP contribution in [0.2, 0.25) is 0 Å². The molecule has 0 saturated carbocycles. The first-order valence-corrected chi connectivity index (χ1v) is 10.6. The number of aromatic nitrogens is 1. The van der Waals surface area contributed by atoms with Gasteiger partial charge in [-0.3, -0.25) is 4.99 Å². The van der Waals surface area contributed by atoms with Gasteiger partial charge in [-0.2, -0.15) is 0 Å². The number of benzene rings is 1. The van der Waals surface area contributed by atoms with Crippen molar-refractivity contribution in [3.8, 4) is 0 Å². The second kappa shape index (κ2) is 10.2. The molecule has 1 aromatic carbocycles. The highest BCUT2D eigenvalue weighted by Gasteiger charge is 2.24. The van der Waals surface area contributed by atoms with Gasteiger partial charge in [-0.05, 0) is 57.2 Å². The van der Waals surface area contributed by atoms with Gasteiger partial charge < -0.3 is 25.3 Å². The van der Waals surface area contributed by atoms with Gasteiger partial charge in [-0.25, -0.2) is 4.79 Å². The molecule has 3 N–H and O–H groups in total. The van der Waals surface area contributed by atoms with Crippen LogP contribution in [0.15, 0.2) is 29.4 Å². The number of carbonyl (C=O) groups excluding carboxylic acids is 1. The largest absolute Gasteiger partial charge is 0.450 e. The van der Waals surface area contributed by atoms with Crippen molar-refractivity contribution in [1.29, 1.82) is 0 Å². The van der Waals surface area contributed by atoms with Crippen LogP contribution in [-0.2, 0) is 11.2 Å². The number of carbonyl (C=O) groups is 1. The summed E-state index contributed by atoms with van der Waals surface area (Å²) in [6.45, 7) is 9.45. The van der Waals surface area contributed by atoms with Gasteiger partial charge in [-0.1, -0.05) is 12.1 Å². The Kier molecular flexibility index (Phi) is 7.38. The SMILES string of the molecule is CCNC(=NCCc1c[nH]c2cccc(C)c12)NC1CCN(C(=O)OCC)CC1. The minimum absolute atomic E-state index is 0.208. The van der Waals surface area contributed by atoms with E-state index in [9.17, 15) is 4.79 Å². The molecule has 0 atom stereocenters. The molecule has 0 aliphatic carbocycles. The van der Waals surface area contributed by atoms with Crippen molar-refractivity contribution >= 4 is 23.0 Å². The van der Waals surface area contributed by atoms with E-state index in [-0.39, 0.29) is 6.09 Å². The van der Waals surface area contributed by atoms with Gasteiger partial charge in [0.15, 0.2) is 5.96 Å². The molecule has 158 valence electrons. The van der Waals surface area contributed by atoms with Gasteiger partial charge >= 0.3 is 6.09 Å². The number of likely N-dealkylation sites (tertiary alicyclic amines) is 1. The van der Waals surface area contributed by atoms with Crippen molar-refractivity contribution < 1.29 is 9.53 Å². The number of hydrogen-bond donors (Lipinski definition) is 3. The zero-order chi connectivity index (χ0) is 20.6. The number of nitrogens with one attached hydrogen (secondary N) is 3. The van der Waals surface area contributed by atoms with Crippen molar-refractivity contribution in [2.45, 2.75) is 46.1 Å². The number of guanidine groups is 1. The normalized spacial score (nSPS) is 15.6. The van der Waals surface area contributed by atoms with E-state index < -0.39 is 0 Å². The van der Waals surface area contributed by atoms with Crippen molar-refractivity contribution in [1.82, 2.24) is 20.5 Å². The summed E-state index contributed by atoms with van der Waals surface area (Å²) in [7, 11) is 0. The van der Waals surface area contributed by atoms with Crippen molar-refractivity contribution in [2.24, 2.45) is 4.99 Å². The van der Waals surface area contributed by atoms with E-state index in [1.54, 1.807) is 4.90 Å². The highest BCUT2D eigenvalue weighted by molar-refractivity contribution is 5.86. The molecule has 1 aromatic heterocycles. The number of amides is 1. The van der Waals surface area contributed by atoms with Crippen LogP contribution >= 0.6 is 0 Å². The average Bonchev–Trinajstić information content (AvgIpc) is 3.13. The van der Waals surface area contributed by atoms with Gasteiger partial charge in [0.05, 0.1) is 6.61 Å². The molecule has 1 aliphatic rings. The Labute approximate surface area is 172 Å². The second-order valence-corrected chi connectivity index (χ2v) is 7.43. The summed E-state index contributed by atoms with van der Waals surface area (Å²) in [5.41, 5.74) is 3.78. The molecule has 29 heavy (non-hydrogen) atoms. The van der Waals surface area contributed by atoms with Gasteiger partial charge in [0.25, 0.3) is 0 Å². The lowest BCUT2D eigenvalue weighted by atomic mass is 10.1. The van der Waals surface area contributed by atoms with E-state index in [1.165, 1.54) is 22.0 Å². The zero-order valence-corrected chi connectivity index (χ0v) is 17.8. The average molecular weight is 400 g/mol. The number of hydrogen-bond acceptors (Lipinski definition) is 3. The molecule has 1 saturated heterocycles. The third-order valence-electron chi connectivity index (χ3n) is 5.35. The fraction of sp³-hybridized carbons (Fsp3) is 0.545. The van der Waals surface area contributed by atoms with Crippen molar-refractivity contribution in [3.05, 3.63) is 35.5 Å². The summed E-state index contributed by atoms with van der Waals surface area (Å²) < 4.78 is 5.09. The third-order valence-corrected chi connectivity index (χ3v) is 5.35. The first-order chi connectivity index (χ1) is 14.1. The number of fused-ring (bicyclic) bond motifs is 1. The lowest BCUT2D eigenvalue weighted by Crippen LogP contribution is -2.50. The molecular formula is C22H33N5O2. The molecule has 3 rings (SSSR count). The van der Waals surface area contributed by atoms with E-state index in [1.807, 2.05) is 6.92 Å². The van der Waals surface area contributed by atoms with Crippen LogP contribution in [0.3, 0.4) is 0 Å². The van der Waals surface area contributed by atoms with E-state index >= 15 is 0 Å². The standard InChI is InChI=1S/C22H33N5O2/c1-4-23-21(26-18-10-13-27(14-11-18)22(28)29-5-2)24-12-9-17-15-25-19-8-6-7-16(3)20(17)19/h6-8,15,18,25H,4-5,9-14H2,1-3H3,(H2,23,24,26). The topological polar surface area (TPSA) is 81.8 Å². The highest BCUT2D eigenvalue weighted by atomic mass is 16.6. The molecule has 0 radical (unpaired) electrons. The second-order valence-electron chi connectivity index (χ2n) is 7.43. The van der Waals surface area contributed by atoms with Gasteiger partial charge in [0.2, 0.25) is 0 Å². The predicted octanol–water partition coefficient (Wildman–Crippen LogP) is 3.19. The van der Waals surface area contributed by atoms with E-state index in [0.717, 1.165) is 38.3 Å². The van der Waals surface area contributed by atoms with E-state index in [0.29, 0.717) is 25.7 Å². The van der Waals surface area contributed by atoms with Crippen LogP contribution in [0.1, 0.15) is 37.8 Å². The van der Waals surface area contributed by atoms with E-state index in [4.69, 9.17) is 9.73 Å². The predicted molar refractivity (Wildman–Crippen MR) is 117 cm³/mol. The Morgan fingerprint density at radius 2 is 2.10 bits per heavy atom. The maximum Gasteiger partial charge on any atom is 0.409 e. The maximum absolute atomic E-state index is 11.8. The Morgan fingerprint density at radius 1 is 1.31 bits per heavy atom. The number of piperidine rings is 1. The third kappa shape index (κ3) is 5.43. The first kappa shape index (κ1) is 21.0. The maximum atomic E-state index is 11.8. The quantitative estimate of drug-likeness (QED) is 0.515. The van der Waals surface area contributed by atoms with Crippen LogP contribution < -0.4 is 10.6 Å². The molecular weight excluding hydrogens is 366 g/mol.